The van der Waals surface area contributed by atoms with Crippen LogP contribution in [0.15, 0.2) is 24.7 Å². The molecule has 3 heterocycles. The Balaban J connectivity index is 1.42. The van der Waals surface area contributed by atoms with Crippen LogP contribution in [0, 0.1) is 24.7 Å². The second-order valence-corrected chi connectivity index (χ2v) is 8.68. The van der Waals surface area contributed by atoms with E-state index in [1.165, 1.54) is 25.7 Å². The number of fused-ring (bicyclic) bond motifs is 3. The minimum atomic E-state index is -0.0825. The summed E-state index contributed by atoms with van der Waals surface area (Å²) in [4.78, 5) is 17.5. The first-order valence-electron chi connectivity index (χ1n) is 10.7. The lowest BCUT2D eigenvalue weighted by molar-refractivity contribution is 0.0917. The van der Waals surface area contributed by atoms with Crippen LogP contribution in [-0.4, -0.2) is 36.3 Å². The van der Waals surface area contributed by atoms with E-state index in [2.05, 4.69) is 34.3 Å². The summed E-state index contributed by atoms with van der Waals surface area (Å²) in [5.41, 5.74) is 4.09. The van der Waals surface area contributed by atoms with Gasteiger partial charge in [-0.3, -0.25) is 9.48 Å². The maximum absolute atomic E-state index is 13.0. The van der Waals surface area contributed by atoms with Crippen molar-refractivity contribution in [2.45, 2.75) is 59.0 Å². The molecule has 0 unspecified atom stereocenters. The van der Waals surface area contributed by atoms with Crippen molar-refractivity contribution in [2.75, 3.05) is 0 Å². The Morgan fingerprint density at radius 3 is 2.83 bits per heavy atom. The molecular formula is C22H28N6O. The number of amides is 1. The molecule has 0 saturated heterocycles. The molecule has 29 heavy (non-hydrogen) atoms. The Morgan fingerprint density at radius 1 is 1.28 bits per heavy atom. The Bertz CT molecular complexity index is 1070. The molecule has 2 saturated carbocycles. The normalized spacial score (nSPS) is 24.3. The molecule has 2 bridgehead atoms. The van der Waals surface area contributed by atoms with Crippen molar-refractivity contribution >= 4 is 11.6 Å². The number of carbonyl (C=O) groups is 1. The van der Waals surface area contributed by atoms with Gasteiger partial charge in [-0.2, -0.15) is 10.2 Å². The molecule has 152 valence electrons. The first-order valence-corrected chi connectivity index (χ1v) is 10.7. The van der Waals surface area contributed by atoms with Crippen molar-refractivity contribution in [3.63, 3.8) is 0 Å². The number of hydrogen-bond acceptors (Lipinski definition) is 4. The van der Waals surface area contributed by atoms with E-state index in [9.17, 15) is 4.79 Å². The van der Waals surface area contributed by atoms with E-state index < -0.39 is 0 Å². The number of aryl methyl sites for hydroxylation is 1. The predicted molar refractivity (Wildman–Crippen MR) is 110 cm³/mol. The number of rotatable bonds is 5. The summed E-state index contributed by atoms with van der Waals surface area (Å²) in [6.07, 6.45) is 10.5. The second kappa shape index (κ2) is 6.97. The van der Waals surface area contributed by atoms with Gasteiger partial charge in [0.05, 0.1) is 18.1 Å². The van der Waals surface area contributed by atoms with Crippen LogP contribution >= 0.6 is 0 Å². The molecule has 1 amide bonds. The third kappa shape index (κ3) is 2.94. The van der Waals surface area contributed by atoms with Crippen LogP contribution in [0.25, 0.3) is 16.9 Å². The largest absolute Gasteiger partial charge is 0.349 e. The molecule has 7 heteroatoms. The highest BCUT2D eigenvalue weighted by atomic mass is 16.1. The molecule has 3 aromatic heterocycles. The highest BCUT2D eigenvalue weighted by molar-refractivity contribution is 6.00. The Morgan fingerprint density at radius 2 is 2.14 bits per heavy atom. The van der Waals surface area contributed by atoms with Crippen LogP contribution < -0.4 is 5.32 Å². The van der Waals surface area contributed by atoms with Gasteiger partial charge in [0.15, 0.2) is 5.65 Å². The Kier molecular flexibility index (Phi) is 4.41. The van der Waals surface area contributed by atoms with Gasteiger partial charge in [-0.05, 0) is 63.9 Å². The maximum atomic E-state index is 13.0. The van der Waals surface area contributed by atoms with E-state index in [0.29, 0.717) is 17.1 Å². The van der Waals surface area contributed by atoms with Crippen LogP contribution in [0.2, 0.25) is 0 Å². The van der Waals surface area contributed by atoms with Crippen LogP contribution in [0.5, 0.6) is 0 Å². The number of hydrogen-bond donors (Lipinski definition) is 1. The van der Waals surface area contributed by atoms with Crippen molar-refractivity contribution in [3.05, 3.63) is 35.9 Å². The van der Waals surface area contributed by atoms with E-state index in [4.69, 9.17) is 0 Å². The lowest BCUT2D eigenvalue weighted by atomic mass is 9.84. The van der Waals surface area contributed by atoms with Gasteiger partial charge in [-0.1, -0.05) is 6.42 Å². The van der Waals surface area contributed by atoms with Gasteiger partial charge >= 0.3 is 0 Å². The molecule has 3 aromatic rings. The zero-order valence-corrected chi connectivity index (χ0v) is 17.3. The van der Waals surface area contributed by atoms with Crippen molar-refractivity contribution in [2.24, 2.45) is 17.8 Å². The minimum absolute atomic E-state index is 0.0825. The zero-order valence-electron chi connectivity index (χ0n) is 17.3. The lowest BCUT2D eigenvalue weighted by Crippen LogP contribution is -2.40. The first-order chi connectivity index (χ1) is 14.1. The summed E-state index contributed by atoms with van der Waals surface area (Å²) < 4.78 is 3.71. The first kappa shape index (κ1) is 18.3. The lowest BCUT2D eigenvalue weighted by Gasteiger charge is -2.28. The molecule has 0 aromatic carbocycles. The Hall–Kier alpha value is -2.70. The summed E-state index contributed by atoms with van der Waals surface area (Å²) in [5.74, 6) is 2.17. The molecular weight excluding hydrogens is 364 g/mol. The number of carbonyl (C=O) groups excluding carboxylic acids is 1. The fourth-order valence-electron chi connectivity index (χ4n) is 5.57. The standard InChI is InChI=1S/C22H28N6O/c1-4-27-14(3)18(11-24-27)20-7-8-23-21-19(12-25-28(20)21)22(29)26-13(2)17-10-15-5-6-16(17)9-15/h7-8,11-13,15-17H,4-6,9-10H2,1-3H3,(H,26,29)/t13-,15+,16+,17+/m0/s1. The number of nitrogens with one attached hydrogen (secondary N) is 1. The summed E-state index contributed by atoms with van der Waals surface area (Å²) in [7, 11) is 0. The number of aromatic nitrogens is 5. The zero-order chi connectivity index (χ0) is 20.1. The highest BCUT2D eigenvalue weighted by Gasteiger charge is 2.42. The third-order valence-electron chi connectivity index (χ3n) is 7.12. The topological polar surface area (TPSA) is 77.1 Å². The van der Waals surface area contributed by atoms with Crippen LogP contribution in [-0.2, 0) is 6.54 Å². The van der Waals surface area contributed by atoms with Gasteiger partial charge in [0.25, 0.3) is 5.91 Å². The fourth-order valence-corrected chi connectivity index (χ4v) is 5.57. The fraction of sp³-hybridized carbons (Fsp3) is 0.545. The van der Waals surface area contributed by atoms with Crippen molar-refractivity contribution in [3.8, 4) is 11.3 Å². The van der Waals surface area contributed by atoms with Gasteiger partial charge in [0, 0.05) is 30.0 Å². The third-order valence-corrected chi connectivity index (χ3v) is 7.12. The molecule has 5 rings (SSSR count). The smallest absolute Gasteiger partial charge is 0.256 e. The quantitative estimate of drug-likeness (QED) is 0.721. The van der Waals surface area contributed by atoms with Crippen LogP contribution in [0.4, 0.5) is 0 Å². The molecule has 2 fully saturated rings. The predicted octanol–water partition coefficient (Wildman–Crippen LogP) is 3.48. The monoisotopic (exact) mass is 392 g/mol. The van der Waals surface area contributed by atoms with Gasteiger partial charge < -0.3 is 5.32 Å². The van der Waals surface area contributed by atoms with Gasteiger partial charge in [0.1, 0.15) is 5.56 Å². The van der Waals surface area contributed by atoms with Crippen molar-refractivity contribution in [1.29, 1.82) is 0 Å². The average molecular weight is 393 g/mol. The van der Waals surface area contributed by atoms with Gasteiger partial charge in [-0.15, -0.1) is 0 Å². The molecule has 2 aliphatic carbocycles. The average Bonchev–Trinajstić information content (AvgIpc) is 3.50. The SMILES string of the molecule is CCn1ncc(-c2ccnc3c(C(=O)N[C@@H](C)[C@H]4C[C@@H]5CC[C@@H]4C5)cnn23)c1C. The van der Waals surface area contributed by atoms with E-state index in [0.717, 1.165) is 35.3 Å². The minimum Gasteiger partial charge on any atom is -0.349 e. The van der Waals surface area contributed by atoms with E-state index in [1.807, 2.05) is 23.9 Å². The second-order valence-electron chi connectivity index (χ2n) is 8.68. The summed E-state index contributed by atoms with van der Waals surface area (Å²) >= 11 is 0. The molecule has 2 aliphatic rings. The summed E-state index contributed by atoms with van der Waals surface area (Å²) in [6, 6.07) is 2.10. The van der Waals surface area contributed by atoms with E-state index >= 15 is 0 Å². The van der Waals surface area contributed by atoms with Crippen LogP contribution in [0.3, 0.4) is 0 Å². The summed E-state index contributed by atoms with van der Waals surface area (Å²) in [5, 5.41) is 12.2. The maximum Gasteiger partial charge on any atom is 0.256 e. The van der Waals surface area contributed by atoms with Crippen LogP contribution in [0.1, 0.15) is 55.6 Å². The van der Waals surface area contributed by atoms with E-state index in [-0.39, 0.29) is 11.9 Å². The molecule has 1 N–H and O–H groups in total. The molecule has 0 radical (unpaired) electrons. The molecule has 7 nitrogen and oxygen atoms in total. The highest BCUT2D eigenvalue weighted by Crippen LogP contribution is 2.49. The van der Waals surface area contributed by atoms with Gasteiger partial charge in [0.2, 0.25) is 0 Å². The summed E-state index contributed by atoms with van der Waals surface area (Å²) in [6.45, 7) is 7.08. The Labute approximate surface area is 170 Å². The number of nitrogens with zero attached hydrogens (tertiary/aromatic N) is 5. The van der Waals surface area contributed by atoms with E-state index in [1.54, 1.807) is 16.9 Å². The van der Waals surface area contributed by atoms with Crippen molar-refractivity contribution < 1.29 is 4.79 Å². The van der Waals surface area contributed by atoms with Gasteiger partial charge in [-0.25, -0.2) is 9.50 Å². The van der Waals surface area contributed by atoms with Crippen molar-refractivity contribution in [1.82, 2.24) is 29.7 Å². The molecule has 0 spiro atoms. The molecule has 0 aliphatic heterocycles. The molecule has 4 atom stereocenters.